The van der Waals surface area contributed by atoms with Crippen LogP contribution in [0.2, 0.25) is 0 Å². The van der Waals surface area contributed by atoms with Gasteiger partial charge in [0.1, 0.15) is 0 Å². The molecule has 96 valence electrons. The van der Waals surface area contributed by atoms with Gasteiger partial charge in [0.15, 0.2) is 0 Å². The molecule has 0 bridgehead atoms. The Hall–Kier alpha value is -0.0400. The predicted octanol–water partition coefficient (Wildman–Crippen LogP) is 4.37. The number of nitrogens with one attached hydrogen (secondary N) is 1. The molecule has 0 aromatic heterocycles. The summed E-state index contributed by atoms with van der Waals surface area (Å²) in [6.07, 6.45) is 11.2. The first-order valence-electron chi connectivity index (χ1n) is 7.49. The van der Waals surface area contributed by atoms with Gasteiger partial charge in [-0.1, -0.05) is 46.5 Å². The molecule has 1 saturated carbocycles. The molecule has 1 fully saturated rings. The molecule has 0 spiro atoms. The SMILES string of the molecule is CCCCC(CC)NCC1CCCC(C)C1. The predicted molar refractivity (Wildman–Crippen MR) is 72.7 cm³/mol. The molecule has 0 aliphatic heterocycles. The van der Waals surface area contributed by atoms with Crippen LogP contribution in [0.1, 0.15) is 72.1 Å². The molecule has 0 aromatic rings. The largest absolute Gasteiger partial charge is 0.314 e. The first kappa shape index (κ1) is 14.0. The van der Waals surface area contributed by atoms with Crippen molar-refractivity contribution < 1.29 is 0 Å². The Kier molecular flexibility index (Phi) is 7.11. The van der Waals surface area contributed by atoms with Gasteiger partial charge >= 0.3 is 0 Å². The van der Waals surface area contributed by atoms with Crippen molar-refractivity contribution in [2.75, 3.05) is 6.54 Å². The highest BCUT2D eigenvalue weighted by atomic mass is 14.9. The highest BCUT2D eigenvalue weighted by Crippen LogP contribution is 2.28. The molecular weight excluding hydrogens is 194 g/mol. The average molecular weight is 225 g/mol. The van der Waals surface area contributed by atoms with Crippen LogP contribution in [0.4, 0.5) is 0 Å². The minimum atomic E-state index is 0.775. The van der Waals surface area contributed by atoms with Crippen molar-refractivity contribution in [2.24, 2.45) is 11.8 Å². The van der Waals surface area contributed by atoms with Crippen LogP contribution in [0, 0.1) is 11.8 Å². The average Bonchev–Trinajstić information content (AvgIpc) is 2.29. The smallest absolute Gasteiger partial charge is 0.00645 e. The fourth-order valence-corrected chi connectivity index (χ4v) is 2.98. The summed E-state index contributed by atoms with van der Waals surface area (Å²) < 4.78 is 0. The van der Waals surface area contributed by atoms with E-state index in [2.05, 4.69) is 26.1 Å². The monoisotopic (exact) mass is 225 g/mol. The second-order valence-electron chi connectivity index (χ2n) is 5.79. The second kappa shape index (κ2) is 8.11. The van der Waals surface area contributed by atoms with Crippen LogP contribution in [-0.2, 0) is 0 Å². The van der Waals surface area contributed by atoms with Crippen LogP contribution in [0.3, 0.4) is 0 Å². The van der Waals surface area contributed by atoms with Crippen molar-refractivity contribution in [3.63, 3.8) is 0 Å². The van der Waals surface area contributed by atoms with Gasteiger partial charge in [-0.25, -0.2) is 0 Å². The van der Waals surface area contributed by atoms with E-state index in [0.717, 1.165) is 17.9 Å². The second-order valence-corrected chi connectivity index (χ2v) is 5.79. The zero-order chi connectivity index (χ0) is 11.8. The minimum absolute atomic E-state index is 0.775. The normalized spacial score (nSPS) is 27.9. The molecule has 16 heavy (non-hydrogen) atoms. The number of unbranched alkanes of at least 4 members (excludes halogenated alkanes) is 1. The van der Waals surface area contributed by atoms with E-state index >= 15 is 0 Å². The fourth-order valence-electron chi connectivity index (χ4n) is 2.98. The van der Waals surface area contributed by atoms with Crippen LogP contribution in [0.15, 0.2) is 0 Å². The molecule has 0 amide bonds. The van der Waals surface area contributed by atoms with Crippen molar-refractivity contribution in [2.45, 2.75) is 78.2 Å². The van der Waals surface area contributed by atoms with Crippen molar-refractivity contribution in [3.8, 4) is 0 Å². The van der Waals surface area contributed by atoms with Crippen LogP contribution in [0.5, 0.6) is 0 Å². The van der Waals surface area contributed by atoms with E-state index in [1.165, 1.54) is 57.9 Å². The van der Waals surface area contributed by atoms with E-state index in [1.807, 2.05) is 0 Å². The summed E-state index contributed by atoms with van der Waals surface area (Å²) >= 11 is 0. The topological polar surface area (TPSA) is 12.0 Å². The molecule has 1 N–H and O–H groups in total. The Labute approximate surface area is 102 Å². The first-order chi connectivity index (χ1) is 7.76. The van der Waals surface area contributed by atoms with Crippen LogP contribution in [0.25, 0.3) is 0 Å². The number of rotatable bonds is 7. The molecule has 1 heteroatoms. The quantitative estimate of drug-likeness (QED) is 0.678. The van der Waals surface area contributed by atoms with Crippen molar-refractivity contribution in [1.82, 2.24) is 5.32 Å². The molecule has 1 nitrogen and oxygen atoms in total. The molecule has 0 aromatic carbocycles. The van der Waals surface area contributed by atoms with Crippen LogP contribution >= 0.6 is 0 Å². The van der Waals surface area contributed by atoms with Gasteiger partial charge in [-0.2, -0.15) is 0 Å². The van der Waals surface area contributed by atoms with Crippen LogP contribution in [-0.4, -0.2) is 12.6 Å². The number of hydrogen-bond acceptors (Lipinski definition) is 1. The molecule has 0 radical (unpaired) electrons. The van der Waals surface area contributed by atoms with Gasteiger partial charge < -0.3 is 5.32 Å². The highest BCUT2D eigenvalue weighted by molar-refractivity contribution is 4.74. The lowest BCUT2D eigenvalue weighted by molar-refractivity contribution is 0.263. The zero-order valence-corrected chi connectivity index (χ0v) is 11.6. The Morgan fingerprint density at radius 3 is 2.69 bits per heavy atom. The molecule has 1 aliphatic carbocycles. The standard InChI is InChI=1S/C15H31N/c1-4-6-10-15(5-2)16-12-14-9-7-8-13(3)11-14/h13-16H,4-12H2,1-3H3. The molecule has 1 rings (SSSR count). The third-order valence-electron chi connectivity index (χ3n) is 4.14. The summed E-state index contributed by atoms with van der Waals surface area (Å²) in [6.45, 7) is 8.29. The maximum atomic E-state index is 3.79. The van der Waals surface area contributed by atoms with Gasteiger partial charge in [-0.05, 0) is 44.1 Å². The lowest BCUT2D eigenvalue weighted by Gasteiger charge is -2.28. The molecular formula is C15H31N. The maximum Gasteiger partial charge on any atom is 0.00645 e. The summed E-state index contributed by atoms with van der Waals surface area (Å²) in [5.74, 6) is 1.93. The van der Waals surface area contributed by atoms with E-state index in [0.29, 0.717) is 0 Å². The summed E-state index contributed by atoms with van der Waals surface area (Å²) in [5, 5.41) is 3.79. The van der Waals surface area contributed by atoms with Gasteiger partial charge in [-0.15, -0.1) is 0 Å². The number of hydrogen-bond donors (Lipinski definition) is 1. The van der Waals surface area contributed by atoms with Gasteiger partial charge in [0.25, 0.3) is 0 Å². The Bertz CT molecular complexity index is 167. The summed E-state index contributed by atoms with van der Waals surface area (Å²) in [7, 11) is 0. The molecule has 3 atom stereocenters. The zero-order valence-electron chi connectivity index (χ0n) is 11.6. The van der Waals surface area contributed by atoms with Crippen LogP contribution < -0.4 is 5.32 Å². The van der Waals surface area contributed by atoms with Crippen molar-refractivity contribution >= 4 is 0 Å². The van der Waals surface area contributed by atoms with E-state index in [1.54, 1.807) is 0 Å². The molecule has 0 saturated heterocycles. The molecule has 0 heterocycles. The lowest BCUT2D eigenvalue weighted by Crippen LogP contribution is -2.34. The Morgan fingerprint density at radius 2 is 2.06 bits per heavy atom. The van der Waals surface area contributed by atoms with Gasteiger partial charge in [0.05, 0.1) is 0 Å². The molecule has 1 aliphatic rings. The van der Waals surface area contributed by atoms with Gasteiger partial charge in [0, 0.05) is 6.04 Å². The van der Waals surface area contributed by atoms with E-state index in [-0.39, 0.29) is 0 Å². The summed E-state index contributed by atoms with van der Waals surface area (Å²) in [6, 6.07) is 0.775. The Balaban J connectivity index is 2.15. The fraction of sp³-hybridized carbons (Fsp3) is 1.00. The third-order valence-corrected chi connectivity index (χ3v) is 4.14. The van der Waals surface area contributed by atoms with E-state index in [9.17, 15) is 0 Å². The highest BCUT2D eigenvalue weighted by Gasteiger charge is 2.19. The van der Waals surface area contributed by atoms with Gasteiger partial charge in [0.2, 0.25) is 0 Å². The summed E-state index contributed by atoms with van der Waals surface area (Å²) in [5.41, 5.74) is 0. The van der Waals surface area contributed by atoms with Crippen molar-refractivity contribution in [3.05, 3.63) is 0 Å². The Morgan fingerprint density at radius 1 is 1.25 bits per heavy atom. The third kappa shape index (κ3) is 5.34. The first-order valence-corrected chi connectivity index (χ1v) is 7.49. The van der Waals surface area contributed by atoms with Crippen molar-refractivity contribution in [1.29, 1.82) is 0 Å². The van der Waals surface area contributed by atoms with E-state index in [4.69, 9.17) is 0 Å². The minimum Gasteiger partial charge on any atom is -0.314 e. The maximum absolute atomic E-state index is 3.79. The van der Waals surface area contributed by atoms with E-state index < -0.39 is 0 Å². The molecule has 3 unspecified atom stereocenters. The summed E-state index contributed by atoms with van der Waals surface area (Å²) in [4.78, 5) is 0. The lowest BCUT2D eigenvalue weighted by atomic mass is 9.82. The van der Waals surface area contributed by atoms with Gasteiger partial charge in [-0.3, -0.25) is 0 Å².